The van der Waals surface area contributed by atoms with Crippen LogP contribution in [-0.2, 0) is 19.9 Å². The maximum atomic E-state index is 12.2. The summed E-state index contributed by atoms with van der Waals surface area (Å²) >= 11 is 6.51. The average Bonchev–Trinajstić information content (AvgIpc) is 3.29. The summed E-state index contributed by atoms with van der Waals surface area (Å²) < 4.78 is 1.95. The maximum Gasteiger partial charge on any atom is 0.254 e. The Hall–Kier alpha value is -2.74. The first-order valence-electron chi connectivity index (χ1n) is 11.4. The van der Waals surface area contributed by atoms with Gasteiger partial charge in [0.05, 0.1) is 28.7 Å². The molecule has 0 aliphatic heterocycles. The Morgan fingerprint density at radius 3 is 2.59 bits per heavy atom. The average molecular weight is 454 g/mol. The van der Waals surface area contributed by atoms with Gasteiger partial charge in [-0.15, -0.1) is 0 Å². The predicted octanol–water partition coefficient (Wildman–Crippen LogP) is 3.74. The third-order valence-corrected chi connectivity index (χ3v) is 6.98. The summed E-state index contributed by atoms with van der Waals surface area (Å²) in [6, 6.07) is 0.204. The molecule has 0 spiro atoms. The third-order valence-electron chi connectivity index (χ3n) is 6.70. The van der Waals surface area contributed by atoms with Crippen LogP contribution in [0.3, 0.4) is 0 Å². The van der Waals surface area contributed by atoms with E-state index in [2.05, 4.69) is 25.6 Å². The quantitative estimate of drug-likeness (QED) is 0.567. The molecule has 0 saturated heterocycles. The summed E-state index contributed by atoms with van der Waals surface area (Å²) in [5.74, 6) is 2.03. The van der Waals surface area contributed by atoms with E-state index in [1.807, 2.05) is 17.9 Å². The van der Waals surface area contributed by atoms with Crippen molar-refractivity contribution in [1.29, 1.82) is 0 Å². The Morgan fingerprint density at radius 2 is 1.88 bits per heavy atom. The Balaban J connectivity index is 1.22. The minimum absolute atomic E-state index is 0.0636. The number of hydrogen-bond donors (Lipinski definition) is 2. The summed E-state index contributed by atoms with van der Waals surface area (Å²) in [6.45, 7) is 0. The van der Waals surface area contributed by atoms with E-state index in [0.717, 1.165) is 61.5 Å². The molecule has 8 nitrogen and oxygen atoms in total. The van der Waals surface area contributed by atoms with Crippen LogP contribution in [0.1, 0.15) is 60.4 Å². The Morgan fingerprint density at radius 1 is 1.12 bits per heavy atom. The van der Waals surface area contributed by atoms with Crippen molar-refractivity contribution < 1.29 is 4.79 Å². The number of amides is 1. The molecule has 2 aliphatic rings. The second kappa shape index (κ2) is 9.02. The van der Waals surface area contributed by atoms with Crippen LogP contribution in [-0.4, -0.2) is 41.9 Å². The Labute approximate surface area is 192 Å². The van der Waals surface area contributed by atoms with Crippen molar-refractivity contribution >= 4 is 17.5 Å². The molecule has 2 fully saturated rings. The summed E-state index contributed by atoms with van der Waals surface area (Å²) in [5.41, 5.74) is 3.60. The molecule has 2 saturated carbocycles. The molecule has 3 heterocycles. The lowest BCUT2D eigenvalue weighted by Gasteiger charge is -2.28. The van der Waals surface area contributed by atoms with Gasteiger partial charge in [-0.05, 0) is 56.8 Å². The highest BCUT2D eigenvalue weighted by Gasteiger charge is 2.27. The number of aryl methyl sites for hydroxylation is 1. The van der Waals surface area contributed by atoms with E-state index in [-0.39, 0.29) is 11.9 Å². The van der Waals surface area contributed by atoms with Crippen LogP contribution in [0.5, 0.6) is 0 Å². The molecule has 3 aromatic heterocycles. The van der Waals surface area contributed by atoms with Crippen molar-refractivity contribution in [3.63, 3.8) is 0 Å². The van der Waals surface area contributed by atoms with E-state index >= 15 is 0 Å². The van der Waals surface area contributed by atoms with Crippen LogP contribution in [0.4, 0.5) is 0 Å². The molecule has 5 rings (SSSR count). The first kappa shape index (κ1) is 21.1. The second-order valence-electron chi connectivity index (χ2n) is 9.14. The predicted molar refractivity (Wildman–Crippen MR) is 121 cm³/mol. The molecule has 0 aromatic carbocycles. The van der Waals surface area contributed by atoms with Crippen molar-refractivity contribution in [2.45, 2.75) is 57.4 Å². The number of rotatable bonds is 7. The largest absolute Gasteiger partial charge is 0.349 e. The van der Waals surface area contributed by atoms with Crippen molar-refractivity contribution in [2.24, 2.45) is 18.9 Å². The minimum Gasteiger partial charge on any atom is -0.349 e. The van der Waals surface area contributed by atoms with E-state index in [1.54, 1.807) is 18.6 Å². The van der Waals surface area contributed by atoms with Crippen LogP contribution < -0.4 is 5.32 Å². The number of carbonyl (C=O) groups excluding carboxylic acids is 1. The molecule has 168 valence electrons. The smallest absolute Gasteiger partial charge is 0.254 e. The minimum atomic E-state index is -0.0636. The van der Waals surface area contributed by atoms with Gasteiger partial charge in [0, 0.05) is 43.2 Å². The molecule has 9 heteroatoms. The number of nitrogens with zero attached hydrogens (tertiary/aromatic N) is 5. The molecule has 1 amide bonds. The molecule has 32 heavy (non-hydrogen) atoms. The lowest BCUT2D eigenvalue weighted by molar-refractivity contribution is 0.0921. The fraction of sp³-hybridized carbons (Fsp3) is 0.522. The van der Waals surface area contributed by atoms with Crippen molar-refractivity contribution in [2.75, 3.05) is 0 Å². The molecular weight excluding hydrogens is 426 g/mol. The van der Waals surface area contributed by atoms with Gasteiger partial charge in [0.2, 0.25) is 0 Å². The molecule has 0 radical (unpaired) electrons. The third kappa shape index (κ3) is 4.70. The summed E-state index contributed by atoms with van der Waals surface area (Å²) in [6.07, 6.45) is 15.2. The van der Waals surface area contributed by atoms with Gasteiger partial charge in [0.1, 0.15) is 5.82 Å². The fourth-order valence-electron chi connectivity index (χ4n) is 4.60. The van der Waals surface area contributed by atoms with E-state index in [0.29, 0.717) is 16.5 Å². The zero-order valence-electron chi connectivity index (χ0n) is 18.2. The molecule has 0 atom stereocenters. The Kier molecular flexibility index (Phi) is 5.95. The molecule has 0 bridgehead atoms. The van der Waals surface area contributed by atoms with Gasteiger partial charge in [-0.2, -0.15) is 10.2 Å². The molecule has 3 aromatic rings. The van der Waals surface area contributed by atoms with Gasteiger partial charge in [-0.25, -0.2) is 9.97 Å². The lowest BCUT2D eigenvalue weighted by atomic mass is 9.84. The van der Waals surface area contributed by atoms with Crippen LogP contribution in [0.2, 0.25) is 5.02 Å². The normalized spacial score (nSPS) is 20.9. The monoisotopic (exact) mass is 453 g/mol. The van der Waals surface area contributed by atoms with E-state index in [9.17, 15) is 4.79 Å². The van der Waals surface area contributed by atoms with Gasteiger partial charge >= 0.3 is 0 Å². The van der Waals surface area contributed by atoms with E-state index in [4.69, 9.17) is 16.6 Å². The van der Waals surface area contributed by atoms with Crippen molar-refractivity contribution in [1.82, 2.24) is 35.3 Å². The second-order valence-corrected chi connectivity index (χ2v) is 9.55. The lowest BCUT2D eigenvalue weighted by Crippen LogP contribution is -2.37. The van der Waals surface area contributed by atoms with Crippen LogP contribution >= 0.6 is 11.6 Å². The first-order chi connectivity index (χ1) is 15.6. The summed E-state index contributed by atoms with van der Waals surface area (Å²) in [5, 5.41) is 14.7. The summed E-state index contributed by atoms with van der Waals surface area (Å²) in [7, 11) is 1.99. The number of carbonyl (C=O) groups is 1. The highest BCUT2D eigenvalue weighted by molar-refractivity contribution is 6.32. The van der Waals surface area contributed by atoms with Gasteiger partial charge in [-0.1, -0.05) is 11.6 Å². The SMILES string of the molecule is Cn1ncc(-c2nc(CC3CCC(NC(=O)c4cn[nH]c4)CC3)ncc2Cl)c1CC1CC1. The molecule has 2 aliphatic carbocycles. The summed E-state index contributed by atoms with van der Waals surface area (Å²) in [4.78, 5) is 21.6. The van der Waals surface area contributed by atoms with Crippen molar-refractivity contribution in [3.8, 4) is 11.3 Å². The van der Waals surface area contributed by atoms with E-state index in [1.165, 1.54) is 18.5 Å². The number of nitrogens with one attached hydrogen (secondary N) is 2. The van der Waals surface area contributed by atoms with Crippen LogP contribution in [0.15, 0.2) is 24.8 Å². The topological polar surface area (TPSA) is 101 Å². The first-order valence-corrected chi connectivity index (χ1v) is 11.8. The molecule has 0 unspecified atom stereocenters. The van der Waals surface area contributed by atoms with Gasteiger partial charge in [-0.3, -0.25) is 14.6 Å². The van der Waals surface area contributed by atoms with Gasteiger partial charge in [0.15, 0.2) is 0 Å². The highest BCUT2D eigenvalue weighted by Crippen LogP contribution is 2.37. The number of aromatic nitrogens is 6. The zero-order chi connectivity index (χ0) is 22.1. The molecule has 2 N–H and O–H groups in total. The van der Waals surface area contributed by atoms with Gasteiger partial charge < -0.3 is 5.32 Å². The number of H-pyrrole nitrogens is 1. The fourth-order valence-corrected chi connectivity index (χ4v) is 4.79. The number of aromatic amines is 1. The number of hydrogen-bond acceptors (Lipinski definition) is 5. The number of halogens is 1. The van der Waals surface area contributed by atoms with Crippen molar-refractivity contribution in [3.05, 3.63) is 46.9 Å². The molecular formula is C23H28ClN7O. The standard InChI is InChI=1S/C23H28ClN7O/c1-31-20(8-14-2-3-14)18(12-28-31)22-19(24)13-25-21(30-22)9-15-4-6-17(7-5-15)29-23(32)16-10-26-27-11-16/h10-15,17H,2-9H2,1H3,(H,26,27)(H,29,32). The van der Waals surface area contributed by atoms with Gasteiger partial charge in [0.25, 0.3) is 5.91 Å². The highest BCUT2D eigenvalue weighted by atomic mass is 35.5. The van der Waals surface area contributed by atoms with Crippen LogP contribution in [0, 0.1) is 11.8 Å². The van der Waals surface area contributed by atoms with E-state index < -0.39 is 0 Å². The zero-order valence-corrected chi connectivity index (χ0v) is 19.0. The maximum absolute atomic E-state index is 12.2. The van der Waals surface area contributed by atoms with Crippen LogP contribution in [0.25, 0.3) is 11.3 Å². The Bertz CT molecular complexity index is 1080.